The fraction of sp³-hybridized carbons (Fsp3) is 0.571. The molecule has 0 unspecified atom stereocenters. The van der Waals surface area contributed by atoms with E-state index >= 15 is 0 Å². The van der Waals surface area contributed by atoms with Crippen LogP contribution in [0.3, 0.4) is 0 Å². The molecule has 3 rings (SSSR count). The predicted octanol–water partition coefficient (Wildman–Crippen LogP) is 1.41. The Kier molecular flexibility index (Phi) is 12.6. The summed E-state index contributed by atoms with van der Waals surface area (Å²) < 4.78 is 56.5. The number of rotatable bonds is 19. The number of ether oxygens (including phenoxy) is 7. The van der Waals surface area contributed by atoms with E-state index in [-0.39, 0.29) is 0 Å². The maximum atomic E-state index is 5.72. The minimum atomic E-state index is 0.365. The molecule has 12 nitrogen and oxygen atoms in total. The van der Waals surface area contributed by atoms with Gasteiger partial charge in [-0.15, -0.1) is 13.1 Å². The van der Waals surface area contributed by atoms with Gasteiger partial charge in [0.2, 0.25) is 0 Å². The molecular weight excluding hydrogens is 498 g/mol. The molecule has 3 aromatic rings. The summed E-state index contributed by atoms with van der Waals surface area (Å²) in [6.45, 7) is 4.50. The highest BCUT2D eigenvalue weighted by molar-refractivity contribution is 6.99. The van der Waals surface area contributed by atoms with Crippen molar-refractivity contribution in [3.63, 3.8) is 0 Å². The van der Waals surface area contributed by atoms with E-state index in [9.17, 15) is 0 Å². The van der Waals surface area contributed by atoms with Crippen LogP contribution in [0.1, 0.15) is 0 Å². The van der Waals surface area contributed by atoms with Crippen LogP contribution in [0.5, 0.6) is 17.6 Å². The molecule has 0 spiro atoms. The van der Waals surface area contributed by atoms with Crippen LogP contribution in [0.25, 0.3) is 11.3 Å². The molecule has 0 aromatic carbocycles. The van der Waals surface area contributed by atoms with Gasteiger partial charge in [-0.1, -0.05) is 0 Å². The summed E-state index contributed by atoms with van der Waals surface area (Å²) in [5.41, 5.74) is 1.70. The Bertz CT molecular complexity index is 975. The minimum absolute atomic E-state index is 0.365. The van der Waals surface area contributed by atoms with Gasteiger partial charge in [-0.05, 0) is 6.07 Å². The Labute approximate surface area is 212 Å². The van der Waals surface area contributed by atoms with Crippen molar-refractivity contribution in [3.05, 3.63) is 24.5 Å². The number of nitrogens with zero attached hydrogens (tertiary/aromatic N) is 5. The van der Waals surface area contributed by atoms with Gasteiger partial charge in [-0.2, -0.15) is 4.37 Å². The summed E-state index contributed by atoms with van der Waals surface area (Å²) in [6.07, 6.45) is 3.94. The Morgan fingerprint density at radius 2 is 1.20 bits per heavy atom. The van der Waals surface area contributed by atoms with Crippen molar-refractivity contribution in [3.8, 4) is 28.9 Å². The Morgan fingerprint density at radius 3 is 1.80 bits per heavy atom. The maximum absolute atomic E-state index is 5.72. The zero-order chi connectivity index (χ0) is 24.6. The van der Waals surface area contributed by atoms with Gasteiger partial charge in [0.1, 0.15) is 20.3 Å². The third kappa shape index (κ3) is 9.95. The second-order valence-electron chi connectivity index (χ2n) is 6.90. The summed E-state index contributed by atoms with van der Waals surface area (Å²) in [6, 6.07) is 3.93. The zero-order valence-electron chi connectivity index (χ0n) is 19.8. The molecule has 0 atom stereocenters. The minimum Gasteiger partial charge on any atom is -0.477 e. The number of aromatic nitrogens is 5. The smallest absolute Gasteiger partial charge is 0.291 e. The molecule has 3 aromatic heterocycles. The van der Waals surface area contributed by atoms with Crippen LogP contribution >= 0.6 is 23.5 Å². The summed E-state index contributed by atoms with van der Waals surface area (Å²) in [4.78, 5) is 0. The van der Waals surface area contributed by atoms with Gasteiger partial charge in [0, 0.05) is 6.07 Å². The SMILES string of the molecule is COc1nsnc1OCCOCCOCCOCCOCCOc1nsnc1-c1ccc[n+](C)c1. The van der Waals surface area contributed by atoms with Crippen molar-refractivity contribution >= 4 is 23.5 Å². The normalized spacial score (nSPS) is 11.0. The van der Waals surface area contributed by atoms with Gasteiger partial charge >= 0.3 is 0 Å². The highest BCUT2D eigenvalue weighted by atomic mass is 32.1. The Morgan fingerprint density at radius 1 is 0.686 bits per heavy atom. The largest absolute Gasteiger partial charge is 0.477 e. The van der Waals surface area contributed by atoms with E-state index in [0.717, 1.165) is 34.7 Å². The fourth-order valence-corrected chi connectivity index (χ4v) is 3.71. The molecule has 0 radical (unpaired) electrons. The molecule has 0 saturated heterocycles. The fourth-order valence-electron chi connectivity index (χ4n) is 2.72. The standard InChI is InChI=1S/C21H30N5O7S2/c1-26-5-3-4-17(16-26)18-19(23-34-22-18)32-14-12-30-10-8-28-6-7-29-9-11-31-13-15-33-21-20(27-2)24-35-25-21/h3-5,16H,6-15H2,1-2H3/q+1. The highest BCUT2D eigenvalue weighted by Gasteiger charge is 2.14. The number of pyridine rings is 1. The third-order valence-corrected chi connectivity index (χ3v) is 5.35. The van der Waals surface area contributed by atoms with Crippen LogP contribution in [-0.2, 0) is 26.0 Å². The average Bonchev–Trinajstić information content (AvgIpc) is 3.53. The van der Waals surface area contributed by atoms with Crippen LogP contribution in [0.4, 0.5) is 0 Å². The van der Waals surface area contributed by atoms with E-state index < -0.39 is 0 Å². The van der Waals surface area contributed by atoms with Crippen LogP contribution in [0.15, 0.2) is 24.5 Å². The van der Waals surface area contributed by atoms with Gasteiger partial charge in [-0.3, -0.25) is 0 Å². The van der Waals surface area contributed by atoms with Crippen molar-refractivity contribution in [1.82, 2.24) is 17.5 Å². The van der Waals surface area contributed by atoms with Crippen LogP contribution in [0, 0.1) is 0 Å². The number of aryl methyl sites for hydroxylation is 1. The van der Waals surface area contributed by atoms with E-state index in [0.29, 0.717) is 83.7 Å². The molecule has 192 valence electrons. The van der Waals surface area contributed by atoms with Gasteiger partial charge in [0.25, 0.3) is 17.6 Å². The topological polar surface area (TPSA) is 120 Å². The lowest BCUT2D eigenvalue weighted by Crippen LogP contribution is -2.26. The molecule has 14 heteroatoms. The second-order valence-corrected chi connectivity index (χ2v) is 7.96. The van der Waals surface area contributed by atoms with Gasteiger partial charge < -0.3 is 33.2 Å². The number of methoxy groups -OCH3 is 1. The monoisotopic (exact) mass is 528 g/mol. The summed E-state index contributed by atoms with van der Waals surface area (Å²) in [7, 11) is 3.48. The van der Waals surface area contributed by atoms with E-state index in [1.165, 1.54) is 7.11 Å². The van der Waals surface area contributed by atoms with E-state index in [1.54, 1.807) is 0 Å². The first-order valence-corrected chi connectivity index (χ1v) is 12.5. The van der Waals surface area contributed by atoms with Crippen LogP contribution in [-0.4, -0.2) is 90.7 Å². The molecule has 0 amide bonds. The first-order chi connectivity index (χ1) is 17.3. The lowest BCUT2D eigenvalue weighted by molar-refractivity contribution is -0.671. The molecule has 0 aliphatic heterocycles. The van der Waals surface area contributed by atoms with E-state index in [2.05, 4.69) is 17.5 Å². The van der Waals surface area contributed by atoms with E-state index in [1.807, 2.05) is 36.1 Å². The predicted molar refractivity (Wildman–Crippen MR) is 127 cm³/mol. The molecule has 0 aliphatic carbocycles. The molecule has 35 heavy (non-hydrogen) atoms. The van der Waals surface area contributed by atoms with Crippen molar-refractivity contribution in [2.24, 2.45) is 7.05 Å². The van der Waals surface area contributed by atoms with Crippen LogP contribution < -0.4 is 18.8 Å². The van der Waals surface area contributed by atoms with Crippen molar-refractivity contribution in [1.29, 1.82) is 0 Å². The zero-order valence-corrected chi connectivity index (χ0v) is 21.4. The molecule has 0 aliphatic rings. The number of hydrogen-bond donors (Lipinski definition) is 0. The molecule has 0 N–H and O–H groups in total. The lowest BCUT2D eigenvalue weighted by atomic mass is 10.2. The van der Waals surface area contributed by atoms with Crippen molar-refractivity contribution in [2.75, 3.05) is 73.2 Å². The molecule has 3 heterocycles. The first-order valence-electron chi connectivity index (χ1n) is 11.0. The number of hydrogen-bond acceptors (Lipinski definition) is 13. The summed E-state index contributed by atoms with van der Waals surface area (Å²) in [5, 5.41) is 0. The lowest BCUT2D eigenvalue weighted by Gasteiger charge is -2.08. The average molecular weight is 529 g/mol. The van der Waals surface area contributed by atoms with Crippen molar-refractivity contribution in [2.45, 2.75) is 0 Å². The Balaban J connectivity index is 1.09. The second kappa shape index (κ2) is 16.2. The van der Waals surface area contributed by atoms with Gasteiger partial charge in [0.05, 0.1) is 89.0 Å². The van der Waals surface area contributed by atoms with Gasteiger partial charge in [0.15, 0.2) is 18.1 Å². The highest BCUT2D eigenvalue weighted by Crippen LogP contribution is 2.26. The van der Waals surface area contributed by atoms with Crippen LogP contribution in [0.2, 0.25) is 0 Å². The molecule has 0 saturated carbocycles. The third-order valence-electron chi connectivity index (χ3n) is 4.34. The van der Waals surface area contributed by atoms with Crippen molar-refractivity contribution < 1.29 is 37.7 Å². The quantitative estimate of drug-likeness (QED) is 0.166. The summed E-state index contributed by atoms with van der Waals surface area (Å²) in [5.74, 6) is 1.29. The Hall–Kier alpha value is -2.49. The molecular formula is C21H30N5O7S2+. The summed E-state index contributed by atoms with van der Waals surface area (Å²) >= 11 is 2.16. The molecule has 0 bridgehead atoms. The van der Waals surface area contributed by atoms with Gasteiger partial charge in [-0.25, -0.2) is 4.57 Å². The van der Waals surface area contributed by atoms with E-state index in [4.69, 9.17) is 33.2 Å². The molecule has 0 fully saturated rings. The first kappa shape index (κ1) is 27.1. The maximum Gasteiger partial charge on any atom is 0.291 e.